The minimum Gasteiger partial charge on any atom is -0.313 e. The molecule has 146 valence electrons. The summed E-state index contributed by atoms with van der Waals surface area (Å²) in [6.45, 7) is 4.47. The monoisotopic (exact) mass is 386 g/mol. The second kappa shape index (κ2) is 7.51. The van der Waals surface area contributed by atoms with Crippen LogP contribution in [0.5, 0.6) is 0 Å². The molecule has 1 heterocycles. The van der Waals surface area contributed by atoms with E-state index in [0.29, 0.717) is 23.1 Å². The number of hydrogen-bond donors (Lipinski definition) is 0. The summed E-state index contributed by atoms with van der Waals surface area (Å²) < 4.78 is 0. The molecule has 0 aromatic heterocycles. The lowest BCUT2D eigenvalue weighted by Gasteiger charge is -2.28. The predicted molar refractivity (Wildman–Crippen MR) is 113 cm³/mol. The number of anilines is 1. The zero-order valence-corrected chi connectivity index (χ0v) is 16.5. The van der Waals surface area contributed by atoms with E-state index in [-0.39, 0.29) is 30.7 Å². The minimum atomic E-state index is -0.342. The van der Waals surface area contributed by atoms with Crippen LogP contribution in [0.3, 0.4) is 0 Å². The number of hydrogen-bond acceptors (Lipinski definition) is 3. The van der Waals surface area contributed by atoms with Crippen molar-refractivity contribution in [1.29, 1.82) is 0 Å². The van der Waals surface area contributed by atoms with E-state index in [9.17, 15) is 14.4 Å². The zero-order chi connectivity index (χ0) is 20.5. The van der Waals surface area contributed by atoms with Crippen molar-refractivity contribution in [3.05, 3.63) is 77.4 Å². The Morgan fingerprint density at radius 1 is 0.931 bits per heavy atom. The first-order valence-corrected chi connectivity index (χ1v) is 9.76. The second-order valence-electron chi connectivity index (χ2n) is 7.20. The van der Waals surface area contributed by atoms with Gasteiger partial charge < -0.3 is 4.90 Å². The number of imide groups is 1. The molecule has 0 radical (unpaired) electrons. The molecule has 0 N–H and O–H groups in total. The van der Waals surface area contributed by atoms with Gasteiger partial charge in [-0.2, -0.15) is 0 Å². The van der Waals surface area contributed by atoms with Gasteiger partial charge in [-0.25, -0.2) is 0 Å². The predicted octanol–water partition coefficient (Wildman–Crippen LogP) is 4.19. The third kappa shape index (κ3) is 3.29. The van der Waals surface area contributed by atoms with Gasteiger partial charge in [0.05, 0.1) is 0 Å². The first-order valence-electron chi connectivity index (χ1n) is 9.76. The Morgan fingerprint density at radius 3 is 2.14 bits per heavy atom. The summed E-state index contributed by atoms with van der Waals surface area (Å²) >= 11 is 0. The lowest BCUT2D eigenvalue weighted by Crippen LogP contribution is -2.43. The highest BCUT2D eigenvalue weighted by atomic mass is 16.2. The van der Waals surface area contributed by atoms with Gasteiger partial charge in [0, 0.05) is 41.7 Å². The van der Waals surface area contributed by atoms with E-state index in [1.165, 1.54) is 4.90 Å². The van der Waals surface area contributed by atoms with E-state index in [1.807, 2.05) is 62.4 Å². The zero-order valence-electron chi connectivity index (χ0n) is 16.5. The molecule has 29 heavy (non-hydrogen) atoms. The van der Waals surface area contributed by atoms with Crippen LogP contribution in [0.1, 0.15) is 39.6 Å². The van der Waals surface area contributed by atoms with Crippen LogP contribution >= 0.6 is 0 Å². The van der Waals surface area contributed by atoms with Gasteiger partial charge in [-0.15, -0.1) is 0 Å². The summed E-state index contributed by atoms with van der Waals surface area (Å²) in [6, 6.07) is 18.6. The highest BCUT2D eigenvalue weighted by molar-refractivity contribution is 6.25. The fourth-order valence-corrected chi connectivity index (χ4v) is 3.92. The molecule has 0 saturated carbocycles. The molecule has 0 atom stereocenters. The highest BCUT2D eigenvalue weighted by Crippen LogP contribution is 2.30. The number of nitrogens with zero attached hydrogens (tertiary/aromatic N) is 2. The number of benzene rings is 3. The third-order valence-corrected chi connectivity index (χ3v) is 5.34. The van der Waals surface area contributed by atoms with E-state index in [1.54, 1.807) is 17.0 Å². The minimum absolute atomic E-state index is 0.0591. The Kier molecular flexibility index (Phi) is 4.89. The number of amides is 3. The van der Waals surface area contributed by atoms with Gasteiger partial charge >= 0.3 is 0 Å². The second-order valence-corrected chi connectivity index (χ2v) is 7.20. The molecule has 3 amide bonds. The summed E-state index contributed by atoms with van der Waals surface area (Å²) in [4.78, 5) is 41.7. The van der Waals surface area contributed by atoms with Crippen molar-refractivity contribution in [3.63, 3.8) is 0 Å². The summed E-state index contributed by atoms with van der Waals surface area (Å²) in [7, 11) is 0. The van der Waals surface area contributed by atoms with Crippen LogP contribution in [0.4, 0.5) is 5.69 Å². The summed E-state index contributed by atoms with van der Waals surface area (Å²) in [5, 5.41) is 1.57. The van der Waals surface area contributed by atoms with Gasteiger partial charge in [-0.3, -0.25) is 19.3 Å². The van der Waals surface area contributed by atoms with Crippen LogP contribution < -0.4 is 4.90 Å². The van der Waals surface area contributed by atoms with Gasteiger partial charge in [-0.05, 0) is 49.1 Å². The molecular weight excluding hydrogens is 364 g/mol. The van der Waals surface area contributed by atoms with Gasteiger partial charge in [0.2, 0.25) is 5.91 Å². The quantitative estimate of drug-likeness (QED) is 0.618. The lowest BCUT2D eigenvalue weighted by molar-refractivity contribution is -0.118. The van der Waals surface area contributed by atoms with Gasteiger partial charge in [0.1, 0.15) is 0 Å². The van der Waals surface area contributed by atoms with Crippen molar-refractivity contribution in [2.45, 2.75) is 20.3 Å². The fraction of sp³-hybridized carbons (Fsp3) is 0.208. The maximum absolute atomic E-state index is 13.0. The average molecular weight is 386 g/mol. The van der Waals surface area contributed by atoms with E-state index in [4.69, 9.17) is 0 Å². The van der Waals surface area contributed by atoms with E-state index in [2.05, 4.69) is 0 Å². The molecule has 5 heteroatoms. The SMILES string of the molecule is CCN(C(=O)CCN1C(=O)c2cccc3cccc(c23)C1=O)c1cccc(C)c1. The smallest absolute Gasteiger partial charge is 0.261 e. The molecule has 0 spiro atoms. The molecule has 0 saturated heterocycles. The first kappa shape index (κ1) is 18.9. The van der Waals surface area contributed by atoms with Crippen LogP contribution in [0.2, 0.25) is 0 Å². The van der Waals surface area contributed by atoms with E-state index in [0.717, 1.165) is 16.6 Å². The summed E-state index contributed by atoms with van der Waals surface area (Å²) in [5.41, 5.74) is 2.91. The van der Waals surface area contributed by atoms with Gasteiger partial charge in [0.15, 0.2) is 0 Å². The fourth-order valence-electron chi connectivity index (χ4n) is 3.92. The van der Waals surface area contributed by atoms with Crippen molar-refractivity contribution in [1.82, 2.24) is 4.90 Å². The highest BCUT2D eigenvalue weighted by Gasteiger charge is 2.33. The Bertz CT molecular complexity index is 1090. The molecule has 0 bridgehead atoms. The Balaban J connectivity index is 1.56. The Morgan fingerprint density at radius 2 is 1.55 bits per heavy atom. The van der Waals surface area contributed by atoms with Crippen LogP contribution in [0, 0.1) is 6.92 Å². The summed E-state index contributed by atoms with van der Waals surface area (Å²) in [5.74, 6) is -0.799. The first-order chi connectivity index (χ1) is 14.0. The van der Waals surface area contributed by atoms with E-state index < -0.39 is 0 Å². The molecule has 4 rings (SSSR count). The van der Waals surface area contributed by atoms with Crippen molar-refractivity contribution >= 4 is 34.2 Å². The van der Waals surface area contributed by atoms with Crippen molar-refractivity contribution in [3.8, 4) is 0 Å². The van der Waals surface area contributed by atoms with Crippen LogP contribution in [-0.2, 0) is 4.79 Å². The maximum Gasteiger partial charge on any atom is 0.261 e. The number of carbonyl (C=O) groups excluding carboxylic acids is 3. The molecule has 0 unspecified atom stereocenters. The largest absolute Gasteiger partial charge is 0.313 e. The van der Waals surface area contributed by atoms with Crippen molar-refractivity contribution in [2.75, 3.05) is 18.0 Å². The number of rotatable bonds is 5. The molecule has 1 aliphatic rings. The molecule has 1 aliphatic heterocycles. The van der Waals surface area contributed by atoms with Gasteiger partial charge in [-0.1, -0.05) is 36.4 Å². The van der Waals surface area contributed by atoms with E-state index >= 15 is 0 Å². The third-order valence-electron chi connectivity index (χ3n) is 5.34. The normalized spacial score (nSPS) is 13.1. The van der Waals surface area contributed by atoms with Crippen molar-refractivity contribution < 1.29 is 14.4 Å². The molecule has 5 nitrogen and oxygen atoms in total. The Labute approximate surface area is 169 Å². The Hall–Kier alpha value is -3.47. The lowest BCUT2D eigenvalue weighted by atomic mass is 9.94. The molecule has 0 fully saturated rings. The van der Waals surface area contributed by atoms with Crippen molar-refractivity contribution in [2.24, 2.45) is 0 Å². The maximum atomic E-state index is 13.0. The number of aryl methyl sites for hydroxylation is 1. The molecule has 3 aromatic rings. The van der Waals surface area contributed by atoms with Crippen LogP contribution in [0.25, 0.3) is 10.8 Å². The topological polar surface area (TPSA) is 57.7 Å². The average Bonchev–Trinajstić information content (AvgIpc) is 2.72. The van der Waals surface area contributed by atoms with Crippen LogP contribution in [0.15, 0.2) is 60.7 Å². The standard InChI is InChI=1S/C24H22N2O3/c1-3-25(18-10-4-7-16(2)15-18)21(27)13-14-26-23(28)19-11-5-8-17-9-6-12-20(22(17)19)24(26)29/h4-12,15H,3,13-14H2,1-2H3. The van der Waals surface area contributed by atoms with Gasteiger partial charge in [0.25, 0.3) is 11.8 Å². The molecule has 0 aliphatic carbocycles. The molecular formula is C24H22N2O3. The van der Waals surface area contributed by atoms with Crippen LogP contribution in [-0.4, -0.2) is 35.7 Å². The molecule has 3 aromatic carbocycles. The summed E-state index contributed by atoms with van der Waals surface area (Å²) in [6.07, 6.45) is 0.0808. The number of carbonyl (C=O) groups is 3.